The lowest BCUT2D eigenvalue weighted by molar-refractivity contribution is -0.137. The Balaban J connectivity index is 2.97. The molecule has 0 amide bonds. The van der Waals surface area contributed by atoms with Gasteiger partial charge in [-0.25, -0.2) is 0 Å². The molecule has 0 fully saturated rings. The van der Waals surface area contributed by atoms with Crippen LogP contribution in [-0.4, -0.2) is 44.1 Å². The molecule has 1 rings (SSSR count). The summed E-state index contributed by atoms with van der Waals surface area (Å²) in [6, 6.07) is 4.05. The Labute approximate surface area is 128 Å². The average Bonchev–Trinajstić information content (AvgIpc) is 2.36. The number of halogens is 3. The van der Waals surface area contributed by atoms with E-state index >= 15 is 0 Å². The minimum Gasteiger partial charge on any atom is -0.389 e. The molecule has 0 saturated carbocycles. The third-order valence-electron chi connectivity index (χ3n) is 3.11. The molecule has 7 heteroatoms. The molecular weight excluding hydrogens is 299 g/mol. The molecule has 0 spiro atoms. The summed E-state index contributed by atoms with van der Waals surface area (Å²) < 4.78 is 39.2. The van der Waals surface area contributed by atoms with Crippen LogP contribution in [0.4, 0.5) is 18.9 Å². The first-order valence-electron chi connectivity index (χ1n) is 6.50. The van der Waals surface area contributed by atoms with Crippen LogP contribution in [0.25, 0.3) is 0 Å². The van der Waals surface area contributed by atoms with E-state index in [2.05, 4.69) is 12.2 Å². The van der Waals surface area contributed by atoms with E-state index in [0.29, 0.717) is 12.2 Å². The van der Waals surface area contributed by atoms with Crippen molar-refractivity contribution in [2.24, 2.45) is 5.73 Å². The van der Waals surface area contributed by atoms with Crippen LogP contribution in [0, 0.1) is 0 Å². The van der Waals surface area contributed by atoms with Gasteiger partial charge in [0.2, 0.25) is 0 Å². The number of rotatable bonds is 6. The molecule has 3 nitrogen and oxygen atoms in total. The molecule has 21 heavy (non-hydrogen) atoms. The number of thiocarbonyl (C=S) groups is 1. The van der Waals surface area contributed by atoms with Gasteiger partial charge in [-0.3, -0.25) is 0 Å². The van der Waals surface area contributed by atoms with Crippen molar-refractivity contribution in [3.8, 4) is 0 Å². The summed E-state index contributed by atoms with van der Waals surface area (Å²) in [4.78, 5) is 3.58. The molecule has 1 aromatic carbocycles. The van der Waals surface area contributed by atoms with Gasteiger partial charge in [-0.05, 0) is 45.3 Å². The highest BCUT2D eigenvalue weighted by atomic mass is 32.1. The Morgan fingerprint density at radius 2 is 1.81 bits per heavy atom. The summed E-state index contributed by atoms with van der Waals surface area (Å²) in [5.74, 6) is 0. The minimum absolute atomic E-state index is 0.136. The molecule has 2 N–H and O–H groups in total. The maximum Gasteiger partial charge on any atom is 0.417 e. The fraction of sp³-hybridized carbons (Fsp3) is 0.500. The first-order chi connectivity index (χ1) is 9.62. The predicted molar refractivity (Wildman–Crippen MR) is 83.8 cm³/mol. The number of nitrogens with two attached hydrogens (primary N) is 1. The van der Waals surface area contributed by atoms with Crippen LogP contribution in [-0.2, 0) is 6.18 Å². The Morgan fingerprint density at radius 3 is 2.29 bits per heavy atom. The molecular formula is C14H20F3N3S. The monoisotopic (exact) mass is 319 g/mol. The van der Waals surface area contributed by atoms with E-state index in [9.17, 15) is 13.2 Å². The van der Waals surface area contributed by atoms with E-state index in [1.54, 1.807) is 18.0 Å². The van der Waals surface area contributed by atoms with E-state index in [4.69, 9.17) is 5.73 Å². The number of hydrogen-bond acceptors (Lipinski definition) is 3. The van der Waals surface area contributed by atoms with Gasteiger partial charge in [-0.1, -0.05) is 12.2 Å². The largest absolute Gasteiger partial charge is 0.417 e. The first-order valence-corrected chi connectivity index (χ1v) is 6.90. The summed E-state index contributed by atoms with van der Waals surface area (Å²) >= 11 is 4.68. The standard InChI is InChI=1S/C14H20F3N3S/c1-19(2)7-4-8-20(3)10-5-6-11(13(18)21)12(9-10)14(15,16)17/h5-6,9H,4,7-8H2,1-3H3,(H2,18,21). The molecule has 0 saturated heterocycles. The lowest BCUT2D eigenvalue weighted by Crippen LogP contribution is -2.24. The fourth-order valence-electron chi connectivity index (χ4n) is 1.97. The molecule has 0 aromatic heterocycles. The van der Waals surface area contributed by atoms with Gasteiger partial charge in [0, 0.05) is 24.8 Å². The molecule has 0 aliphatic rings. The van der Waals surface area contributed by atoms with Crippen molar-refractivity contribution in [2.75, 3.05) is 39.1 Å². The zero-order valence-corrected chi connectivity index (χ0v) is 13.2. The second-order valence-corrected chi connectivity index (χ2v) is 5.61. The SMILES string of the molecule is CN(C)CCCN(C)c1ccc(C(N)=S)c(C(F)(F)F)c1. The Morgan fingerprint density at radius 1 is 1.19 bits per heavy atom. The van der Waals surface area contributed by atoms with Crippen molar-refractivity contribution in [1.82, 2.24) is 4.90 Å². The highest BCUT2D eigenvalue weighted by Gasteiger charge is 2.34. The molecule has 118 valence electrons. The smallest absolute Gasteiger partial charge is 0.389 e. The first kappa shape index (κ1) is 17.7. The van der Waals surface area contributed by atoms with Crippen molar-refractivity contribution in [2.45, 2.75) is 12.6 Å². The predicted octanol–water partition coefficient (Wildman–Crippen LogP) is 2.73. The molecule has 0 unspecified atom stereocenters. The highest BCUT2D eigenvalue weighted by molar-refractivity contribution is 7.80. The lowest BCUT2D eigenvalue weighted by Gasteiger charge is -2.22. The van der Waals surface area contributed by atoms with Crippen molar-refractivity contribution < 1.29 is 13.2 Å². The van der Waals surface area contributed by atoms with Gasteiger partial charge in [0.15, 0.2) is 0 Å². The van der Waals surface area contributed by atoms with E-state index in [-0.39, 0.29) is 10.6 Å². The van der Waals surface area contributed by atoms with Gasteiger partial charge in [-0.2, -0.15) is 13.2 Å². The van der Waals surface area contributed by atoms with Crippen LogP contribution in [0.3, 0.4) is 0 Å². The van der Waals surface area contributed by atoms with Crippen molar-refractivity contribution in [3.05, 3.63) is 29.3 Å². The van der Waals surface area contributed by atoms with E-state index in [1.807, 2.05) is 19.0 Å². The number of nitrogens with zero attached hydrogens (tertiary/aromatic N) is 2. The summed E-state index contributed by atoms with van der Waals surface area (Å²) in [6.07, 6.45) is -3.61. The zero-order valence-electron chi connectivity index (χ0n) is 12.4. The number of anilines is 1. The molecule has 0 aliphatic carbocycles. The van der Waals surface area contributed by atoms with E-state index < -0.39 is 11.7 Å². The van der Waals surface area contributed by atoms with Crippen molar-refractivity contribution in [3.63, 3.8) is 0 Å². The van der Waals surface area contributed by atoms with Gasteiger partial charge in [0.1, 0.15) is 4.99 Å². The van der Waals surface area contributed by atoms with Gasteiger partial charge < -0.3 is 15.5 Å². The quantitative estimate of drug-likeness (QED) is 0.817. The van der Waals surface area contributed by atoms with Gasteiger partial charge in [0.05, 0.1) is 5.56 Å². The summed E-state index contributed by atoms with van der Waals surface area (Å²) in [6.45, 7) is 1.54. The van der Waals surface area contributed by atoms with Crippen LogP contribution in [0.2, 0.25) is 0 Å². The summed E-state index contributed by atoms with van der Waals surface area (Å²) in [5.41, 5.74) is 4.94. The highest BCUT2D eigenvalue weighted by Crippen LogP contribution is 2.34. The lowest BCUT2D eigenvalue weighted by atomic mass is 10.1. The van der Waals surface area contributed by atoms with Crippen LogP contribution in [0.1, 0.15) is 17.5 Å². The second kappa shape index (κ2) is 7.09. The van der Waals surface area contributed by atoms with Crippen LogP contribution in [0.5, 0.6) is 0 Å². The molecule has 0 heterocycles. The maximum absolute atomic E-state index is 13.1. The van der Waals surface area contributed by atoms with Crippen LogP contribution >= 0.6 is 12.2 Å². The Hall–Kier alpha value is -1.34. The van der Waals surface area contributed by atoms with Crippen molar-refractivity contribution in [1.29, 1.82) is 0 Å². The molecule has 0 aliphatic heterocycles. The van der Waals surface area contributed by atoms with Crippen molar-refractivity contribution >= 4 is 22.9 Å². The van der Waals surface area contributed by atoms with E-state index in [1.165, 1.54) is 6.07 Å². The van der Waals surface area contributed by atoms with Gasteiger partial charge >= 0.3 is 6.18 Å². The maximum atomic E-state index is 13.1. The topological polar surface area (TPSA) is 32.5 Å². The average molecular weight is 319 g/mol. The number of alkyl halides is 3. The third kappa shape index (κ3) is 5.17. The van der Waals surface area contributed by atoms with E-state index in [0.717, 1.165) is 19.0 Å². The second-order valence-electron chi connectivity index (χ2n) is 5.17. The molecule has 1 aromatic rings. The van der Waals surface area contributed by atoms with Gasteiger partial charge in [0.25, 0.3) is 0 Å². The normalized spacial score (nSPS) is 11.8. The summed E-state index contributed by atoms with van der Waals surface area (Å²) in [5, 5.41) is 0. The molecule has 0 bridgehead atoms. The van der Waals surface area contributed by atoms with Crippen LogP contribution in [0.15, 0.2) is 18.2 Å². The minimum atomic E-state index is -4.47. The third-order valence-corrected chi connectivity index (χ3v) is 3.33. The number of hydrogen-bond donors (Lipinski definition) is 1. The molecule has 0 atom stereocenters. The molecule has 0 radical (unpaired) electrons. The zero-order chi connectivity index (χ0) is 16.2. The summed E-state index contributed by atoms with van der Waals surface area (Å²) in [7, 11) is 5.68. The van der Waals surface area contributed by atoms with Gasteiger partial charge in [-0.15, -0.1) is 0 Å². The Bertz CT molecular complexity index is 501. The fourth-order valence-corrected chi connectivity index (χ4v) is 2.15. The Kier molecular flexibility index (Phi) is 5.98. The van der Waals surface area contributed by atoms with Crippen LogP contribution < -0.4 is 10.6 Å². The number of benzene rings is 1.